The molecule has 0 aliphatic carbocycles. The zero-order valence-corrected chi connectivity index (χ0v) is 11.0. The molecule has 0 aliphatic heterocycles. The number of carbonyl (C=O) groups excluding carboxylic acids is 1. The summed E-state index contributed by atoms with van der Waals surface area (Å²) in [4.78, 5) is 15.7. The minimum absolute atomic E-state index is 0.129. The Kier molecular flexibility index (Phi) is 4.29. The number of hydrogen-bond donors (Lipinski definition) is 2. The number of urea groups is 1. The highest BCUT2D eigenvalue weighted by Crippen LogP contribution is 2.16. The minimum Gasteiger partial charge on any atom is -0.337 e. The van der Waals surface area contributed by atoms with E-state index in [4.69, 9.17) is 0 Å². The van der Waals surface area contributed by atoms with Crippen molar-refractivity contribution in [3.63, 3.8) is 0 Å². The van der Waals surface area contributed by atoms with E-state index in [2.05, 4.69) is 22.5 Å². The van der Waals surface area contributed by atoms with Gasteiger partial charge in [0.2, 0.25) is 0 Å². The summed E-state index contributed by atoms with van der Waals surface area (Å²) in [6, 6.07) is -0.129. The van der Waals surface area contributed by atoms with Gasteiger partial charge in [0.15, 0.2) is 0 Å². The SMILES string of the molecule is CC(CNC(=O)NC(C)(C)C)c1nccs1. The van der Waals surface area contributed by atoms with Crippen LogP contribution in [0.3, 0.4) is 0 Å². The fourth-order valence-electron chi connectivity index (χ4n) is 1.20. The monoisotopic (exact) mass is 241 g/mol. The summed E-state index contributed by atoms with van der Waals surface area (Å²) in [6.45, 7) is 8.52. The van der Waals surface area contributed by atoms with Gasteiger partial charge in [-0.15, -0.1) is 11.3 Å². The molecular weight excluding hydrogens is 222 g/mol. The number of thiazole rings is 1. The molecule has 0 aliphatic rings. The van der Waals surface area contributed by atoms with Gasteiger partial charge in [0.25, 0.3) is 0 Å². The van der Waals surface area contributed by atoms with Crippen LogP contribution in [0.25, 0.3) is 0 Å². The maximum absolute atomic E-state index is 11.5. The highest BCUT2D eigenvalue weighted by atomic mass is 32.1. The van der Waals surface area contributed by atoms with Crippen molar-refractivity contribution in [1.82, 2.24) is 15.6 Å². The first-order valence-corrected chi connectivity index (χ1v) is 6.22. The molecule has 0 aromatic carbocycles. The normalized spacial score (nSPS) is 13.2. The summed E-state index contributed by atoms with van der Waals surface area (Å²) < 4.78 is 0. The van der Waals surface area contributed by atoms with E-state index in [1.165, 1.54) is 0 Å². The molecule has 0 radical (unpaired) electrons. The molecule has 1 rings (SSSR count). The number of nitrogens with zero attached hydrogens (tertiary/aromatic N) is 1. The zero-order chi connectivity index (χ0) is 12.2. The highest BCUT2D eigenvalue weighted by Gasteiger charge is 2.14. The van der Waals surface area contributed by atoms with Gasteiger partial charge in [0.05, 0.1) is 5.01 Å². The average molecular weight is 241 g/mol. The lowest BCUT2D eigenvalue weighted by atomic mass is 10.1. The molecule has 0 saturated carbocycles. The maximum atomic E-state index is 11.5. The van der Waals surface area contributed by atoms with Crippen LogP contribution in [0.15, 0.2) is 11.6 Å². The molecule has 16 heavy (non-hydrogen) atoms. The Bertz CT molecular complexity index is 329. The van der Waals surface area contributed by atoms with Crippen molar-refractivity contribution in [3.8, 4) is 0 Å². The number of carbonyl (C=O) groups is 1. The Morgan fingerprint density at radius 3 is 2.75 bits per heavy atom. The van der Waals surface area contributed by atoms with E-state index in [1.54, 1.807) is 17.5 Å². The lowest BCUT2D eigenvalue weighted by molar-refractivity contribution is 0.231. The summed E-state index contributed by atoms with van der Waals surface area (Å²) >= 11 is 1.61. The van der Waals surface area contributed by atoms with E-state index in [0.717, 1.165) is 5.01 Å². The molecular formula is C11H19N3OS. The maximum Gasteiger partial charge on any atom is 0.315 e. The van der Waals surface area contributed by atoms with E-state index in [-0.39, 0.29) is 17.5 Å². The van der Waals surface area contributed by atoms with Crippen molar-refractivity contribution in [2.75, 3.05) is 6.54 Å². The Morgan fingerprint density at radius 2 is 2.25 bits per heavy atom. The van der Waals surface area contributed by atoms with Crippen molar-refractivity contribution >= 4 is 17.4 Å². The molecule has 1 aromatic rings. The first-order valence-electron chi connectivity index (χ1n) is 5.34. The number of amides is 2. The number of rotatable bonds is 3. The van der Waals surface area contributed by atoms with Crippen LogP contribution in [-0.2, 0) is 0 Å². The van der Waals surface area contributed by atoms with Crippen LogP contribution in [0.2, 0.25) is 0 Å². The van der Waals surface area contributed by atoms with Gasteiger partial charge in [-0.25, -0.2) is 9.78 Å². The van der Waals surface area contributed by atoms with Crippen molar-refractivity contribution in [1.29, 1.82) is 0 Å². The van der Waals surface area contributed by atoms with E-state index in [0.29, 0.717) is 6.54 Å². The van der Waals surface area contributed by atoms with Gasteiger partial charge in [0, 0.05) is 29.6 Å². The average Bonchev–Trinajstić information content (AvgIpc) is 2.64. The van der Waals surface area contributed by atoms with Crippen molar-refractivity contribution in [3.05, 3.63) is 16.6 Å². The summed E-state index contributed by atoms with van der Waals surface area (Å²) in [6.07, 6.45) is 1.78. The third kappa shape index (κ3) is 4.61. The molecule has 4 nitrogen and oxygen atoms in total. The third-order valence-corrected chi connectivity index (χ3v) is 2.94. The number of nitrogens with one attached hydrogen (secondary N) is 2. The van der Waals surface area contributed by atoms with Gasteiger partial charge in [-0.1, -0.05) is 6.92 Å². The molecule has 0 saturated heterocycles. The van der Waals surface area contributed by atoms with Gasteiger partial charge in [0.1, 0.15) is 0 Å². The smallest absolute Gasteiger partial charge is 0.315 e. The first kappa shape index (κ1) is 13.0. The quantitative estimate of drug-likeness (QED) is 0.853. The standard InChI is InChI=1S/C11H19N3OS/c1-8(9-12-5-6-16-9)7-13-10(15)14-11(2,3)4/h5-6,8H,7H2,1-4H3,(H2,13,14,15). The lowest BCUT2D eigenvalue weighted by Crippen LogP contribution is -2.47. The second-order valence-electron chi connectivity index (χ2n) is 4.86. The Morgan fingerprint density at radius 1 is 1.56 bits per heavy atom. The van der Waals surface area contributed by atoms with Gasteiger partial charge in [-0.05, 0) is 20.8 Å². The molecule has 1 unspecified atom stereocenters. The minimum atomic E-state index is -0.200. The molecule has 0 fully saturated rings. The largest absolute Gasteiger partial charge is 0.337 e. The fraction of sp³-hybridized carbons (Fsp3) is 0.636. The second kappa shape index (κ2) is 5.30. The van der Waals surface area contributed by atoms with Crippen LogP contribution in [0.4, 0.5) is 4.79 Å². The van der Waals surface area contributed by atoms with Crippen LogP contribution in [0.1, 0.15) is 38.6 Å². The summed E-state index contributed by atoms with van der Waals surface area (Å²) in [5.41, 5.74) is -0.200. The molecule has 0 spiro atoms. The first-order chi connectivity index (χ1) is 7.38. The molecule has 90 valence electrons. The van der Waals surface area contributed by atoms with Gasteiger partial charge >= 0.3 is 6.03 Å². The van der Waals surface area contributed by atoms with Gasteiger partial charge in [-0.3, -0.25) is 0 Å². The fourth-order valence-corrected chi connectivity index (χ4v) is 1.89. The third-order valence-electron chi connectivity index (χ3n) is 1.93. The Hall–Kier alpha value is -1.10. The van der Waals surface area contributed by atoms with Crippen LogP contribution in [-0.4, -0.2) is 23.1 Å². The molecule has 1 aromatic heterocycles. The highest BCUT2D eigenvalue weighted by molar-refractivity contribution is 7.09. The van der Waals surface area contributed by atoms with Crippen LogP contribution < -0.4 is 10.6 Å². The Balaban J connectivity index is 2.32. The molecule has 5 heteroatoms. The Labute approximate surface area is 100 Å². The molecule has 1 atom stereocenters. The molecule has 2 N–H and O–H groups in total. The van der Waals surface area contributed by atoms with Gasteiger partial charge < -0.3 is 10.6 Å². The lowest BCUT2D eigenvalue weighted by Gasteiger charge is -2.21. The van der Waals surface area contributed by atoms with E-state index >= 15 is 0 Å². The molecule has 2 amide bonds. The predicted molar refractivity (Wildman–Crippen MR) is 66.8 cm³/mol. The topological polar surface area (TPSA) is 54.0 Å². The number of hydrogen-bond acceptors (Lipinski definition) is 3. The summed E-state index contributed by atoms with van der Waals surface area (Å²) in [7, 11) is 0. The number of aromatic nitrogens is 1. The molecule has 0 bridgehead atoms. The van der Waals surface area contributed by atoms with E-state index in [1.807, 2.05) is 26.2 Å². The van der Waals surface area contributed by atoms with Crippen molar-refractivity contribution < 1.29 is 4.79 Å². The van der Waals surface area contributed by atoms with Crippen LogP contribution in [0, 0.1) is 0 Å². The van der Waals surface area contributed by atoms with E-state index in [9.17, 15) is 4.79 Å². The summed E-state index contributed by atoms with van der Waals surface area (Å²) in [5.74, 6) is 0.255. The summed E-state index contributed by atoms with van der Waals surface area (Å²) in [5, 5.41) is 8.69. The predicted octanol–water partition coefficient (Wildman–Crippen LogP) is 2.34. The zero-order valence-electron chi connectivity index (χ0n) is 10.2. The van der Waals surface area contributed by atoms with Crippen molar-refractivity contribution in [2.45, 2.75) is 39.2 Å². The second-order valence-corrected chi connectivity index (χ2v) is 5.78. The van der Waals surface area contributed by atoms with E-state index < -0.39 is 0 Å². The molecule has 1 heterocycles. The van der Waals surface area contributed by atoms with Crippen molar-refractivity contribution in [2.24, 2.45) is 0 Å². The van der Waals surface area contributed by atoms with Crippen LogP contribution >= 0.6 is 11.3 Å². The van der Waals surface area contributed by atoms with Crippen LogP contribution in [0.5, 0.6) is 0 Å². The van der Waals surface area contributed by atoms with Gasteiger partial charge in [-0.2, -0.15) is 0 Å².